The number of halogens is 1. The zero-order valence-corrected chi connectivity index (χ0v) is 12.7. The quantitative estimate of drug-likeness (QED) is 0.722. The number of rotatable bonds is 7. The molecule has 0 aliphatic heterocycles. The molecule has 0 aromatic heterocycles. The molecule has 0 radical (unpaired) electrons. The molecule has 0 spiro atoms. The van der Waals surface area contributed by atoms with Crippen molar-refractivity contribution in [1.82, 2.24) is 10.6 Å². The minimum Gasteiger partial charge on any atom is -0.480 e. The first-order chi connectivity index (χ1) is 9.93. The first-order valence-corrected chi connectivity index (χ1v) is 7.87. The van der Waals surface area contributed by atoms with Crippen molar-refractivity contribution in [2.24, 2.45) is 0 Å². The number of nitrogens with one attached hydrogen (secondary N) is 2. The number of carboxylic acid groups (broad SMARTS) is 1. The number of amides is 2. The number of thioether (sulfide) groups is 1. The van der Waals surface area contributed by atoms with Crippen LogP contribution in [0.3, 0.4) is 0 Å². The Morgan fingerprint density at radius 2 is 1.90 bits per heavy atom. The summed E-state index contributed by atoms with van der Waals surface area (Å²) in [6, 6.07) is 3.94. The maximum absolute atomic E-state index is 12.8. The second-order valence-corrected chi connectivity index (χ2v) is 5.55. The predicted molar refractivity (Wildman–Crippen MR) is 80.9 cm³/mol. The molecule has 116 valence electrons. The van der Waals surface area contributed by atoms with E-state index in [0.717, 1.165) is 5.56 Å². The predicted octanol–water partition coefficient (Wildman–Crippen LogP) is 2.39. The van der Waals surface area contributed by atoms with Gasteiger partial charge in [0.1, 0.15) is 11.9 Å². The fourth-order valence-corrected chi connectivity index (χ4v) is 2.20. The van der Waals surface area contributed by atoms with E-state index < -0.39 is 18.0 Å². The maximum atomic E-state index is 12.8. The van der Waals surface area contributed by atoms with E-state index in [0.29, 0.717) is 12.2 Å². The van der Waals surface area contributed by atoms with Gasteiger partial charge >= 0.3 is 12.0 Å². The molecular weight excluding hydrogens is 295 g/mol. The highest BCUT2D eigenvalue weighted by Crippen LogP contribution is 2.12. The van der Waals surface area contributed by atoms with Crippen LogP contribution in [-0.2, 0) is 4.79 Å². The molecule has 0 bridgehead atoms. The van der Waals surface area contributed by atoms with Gasteiger partial charge in [0, 0.05) is 0 Å². The molecule has 21 heavy (non-hydrogen) atoms. The van der Waals surface area contributed by atoms with E-state index in [9.17, 15) is 14.0 Å². The van der Waals surface area contributed by atoms with Crippen molar-refractivity contribution in [3.8, 4) is 0 Å². The van der Waals surface area contributed by atoms with Gasteiger partial charge < -0.3 is 15.7 Å². The Hall–Kier alpha value is -1.76. The van der Waals surface area contributed by atoms with E-state index in [2.05, 4.69) is 10.6 Å². The molecule has 1 aromatic carbocycles. The lowest BCUT2D eigenvalue weighted by Crippen LogP contribution is -2.46. The van der Waals surface area contributed by atoms with Crippen LogP contribution in [0.1, 0.15) is 24.9 Å². The number of hydrogen-bond donors (Lipinski definition) is 3. The van der Waals surface area contributed by atoms with Crippen LogP contribution >= 0.6 is 11.8 Å². The Labute approximate surface area is 127 Å². The smallest absolute Gasteiger partial charge is 0.326 e. The molecule has 0 aliphatic carbocycles. The number of aliphatic carboxylic acids is 1. The molecule has 2 amide bonds. The zero-order chi connectivity index (χ0) is 15.8. The van der Waals surface area contributed by atoms with Gasteiger partial charge in [-0.15, -0.1) is 0 Å². The minimum atomic E-state index is -1.06. The highest BCUT2D eigenvalue weighted by Gasteiger charge is 2.20. The van der Waals surface area contributed by atoms with E-state index >= 15 is 0 Å². The van der Waals surface area contributed by atoms with Crippen molar-refractivity contribution in [2.75, 3.05) is 12.0 Å². The lowest BCUT2D eigenvalue weighted by atomic mass is 10.1. The van der Waals surface area contributed by atoms with Crippen molar-refractivity contribution >= 4 is 23.8 Å². The van der Waals surface area contributed by atoms with E-state index in [1.54, 1.807) is 19.1 Å². The van der Waals surface area contributed by atoms with Crippen molar-refractivity contribution in [3.05, 3.63) is 35.6 Å². The van der Waals surface area contributed by atoms with Gasteiger partial charge in [0.2, 0.25) is 0 Å². The van der Waals surface area contributed by atoms with Crippen LogP contribution < -0.4 is 10.6 Å². The van der Waals surface area contributed by atoms with Crippen molar-refractivity contribution in [3.63, 3.8) is 0 Å². The molecule has 0 saturated carbocycles. The second-order valence-electron chi connectivity index (χ2n) is 4.56. The SMILES string of the molecule is CSCC[C@@H](NC(=O)NC(C)c1ccc(F)cc1)C(=O)O. The summed E-state index contributed by atoms with van der Waals surface area (Å²) in [6.07, 6.45) is 2.23. The first-order valence-electron chi connectivity index (χ1n) is 6.48. The number of carboxylic acids is 1. The molecule has 1 unspecified atom stereocenters. The lowest BCUT2D eigenvalue weighted by molar-refractivity contribution is -0.139. The summed E-state index contributed by atoms with van der Waals surface area (Å²) >= 11 is 1.52. The van der Waals surface area contributed by atoms with Crippen molar-refractivity contribution in [2.45, 2.75) is 25.4 Å². The summed E-state index contributed by atoms with van der Waals surface area (Å²) in [5.74, 6) is -0.767. The van der Waals surface area contributed by atoms with Gasteiger partial charge in [-0.1, -0.05) is 12.1 Å². The Bertz CT molecular complexity index is 482. The Morgan fingerprint density at radius 3 is 2.43 bits per heavy atom. The minimum absolute atomic E-state index is 0.347. The molecular formula is C14H19FN2O3S. The Balaban J connectivity index is 2.54. The van der Waals surface area contributed by atoms with E-state index in [-0.39, 0.29) is 11.9 Å². The molecule has 1 aromatic rings. The molecule has 3 N–H and O–H groups in total. The molecule has 7 heteroatoms. The van der Waals surface area contributed by atoms with E-state index in [4.69, 9.17) is 5.11 Å². The van der Waals surface area contributed by atoms with Gasteiger partial charge in [0.05, 0.1) is 6.04 Å². The number of hydrogen-bond acceptors (Lipinski definition) is 3. The monoisotopic (exact) mass is 314 g/mol. The van der Waals surface area contributed by atoms with Gasteiger partial charge in [-0.05, 0) is 43.0 Å². The van der Waals surface area contributed by atoms with Crippen molar-refractivity contribution < 1.29 is 19.1 Å². The van der Waals surface area contributed by atoms with E-state index in [1.807, 2.05) is 6.26 Å². The van der Waals surface area contributed by atoms with Gasteiger partial charge in [-0.25, -0.2) is 14.0 Å². The number of benzene rings is 1. The van der Waals surface area contributed by atoms with Crippen LogP contribution in [0.5, 0.6) is 0 Å². The topological polar surface area (TPSA) is 78.4 Å². The van der Waals surface area contributed by atoms with Gasteiger partial charge in [-0.2, -0.15) is 11.8 Å². The van der Waals surface area contributed by atoms with Crippen molar-refractivity contribution in [1.29, 1.82) is 0 Å². The van der Waals surface area contributed by atoms with E-state index in [1.165, 1.54) is 23.9 Å². The Kier molecular flexibility index (Phi) is 7.01. The average molecular weight is 314 g/mol. The molecule has 2 atom stereocenters. The zero-order valence-electron chi connectivity index (χ0n) is 11.9. The lowest BCUT2D eigenvalue weighted by Gasteiger charge is -2.18. The molecule has 0 saturated heterocycles. The van der Waals surface area contributed by atoms with Crippen LogP contribution in [0.4, 0.5) is 9.18 Å². The Morgan fingerprint density at radius 1 is 1.29 bits per heavy atom. The average Bonchev–Trinajstić information content (AvgIpc) is 2.43. The summed E-state index contributed by atoms with van der Waals surface area (Å²) in [5.41, 5.74) is 0.738. The highest BCUT2D eigenvalue weighted by atomic mass is 32.2. The third-order valence-corrected chi connectivity index (χ3v) is 3.58. The molecule has 5 nitrogen and oxygen atoms in total. The largest absolute Gasteiger partial charge is 0.480 e. The summed E-state index contributed by atoms with van der Waals surface area (Å²) in [7, 11) is 0. The summed E-state index contributed by atoms with van der Waals surface area (Å²) < 4.78 is 12.8. The standard InChI is InChI=1S/C14H19FN2O3S/c1-9(10-3-5-11(15)6-4-10)16-14(20)17-12(13(18)19)7-8-21-2/h3-6,9,12H,7-8H2,1-2H3,(H,18,19)(H2,16,17,20)/t9?,12-/m1/s1. The van der Waals surface area contributed by atoms with Crippen LogP contribution in [0.2, 0.25) is 0 Å². The fourth-order valence-electron chi connectivity index (χ4n) is 1.72. The number of carbonyl (C=O) groups is 2. The van der Waals surface area contributed by atoms with Gasteiger partial charge in [-0.3, -0.25) is 0 Å². The third-order valence-electron chi connectivity index (χ3n) is 2.93. The van der Waals surface area contributed by atoms with Crippen LogP contribution in [0.15, 0.2) is 24.3 Å². The number of carbonyl (C=O) groups excluding carboxylic acids is 1. The van der Waals surface area contributed by atoms with Gasteiger partial charge in [0.25, 0.3) is 0 Å². The first kappa shape index (κ1) is 17.3. The summed E-state index contributed by atoms with van der Waals surface area (Å²) in [5, 5.41) is 14.1. The molecule has 0 heterocycles. The normalized spacial score (nSPS) is 13.3. The molecule has 0 aliphatic rings. The second kappa shape index (κ2) is 8.51. The number of urea groups is 1. The van der Waals surface area contributed by atoms with Gasteiger partial charge in [0.15, 0.2) is 0 Å². The maximum Gasteiger partial charge on any atom is 0.326 e. The van der Waals surface area contributed by atoms with Crippen LogP contribution in [0, 0.1) is 5.82 Å². The molecule has 1 rings (SSSR count). The molecule has 0 fully saturated rings. The third kappa shape index (κ3) is 6.03. The fraction of sp³-hybridized carbons (Fsp3) is 0.429. The van der Waals surface area contributed by atoms with Crippen LogP contribution in [-0.4, -0.2) is 35.2 Å². The van der Waals surface area contributed by atoms with Crippen LogP contribution in [0.25, 0.3) is 0 Å². The summed E-state index contributed by atoms with van der Waals surface area (Å²) in [6.45, 7) is 1.74. The highest BCUT2D eigenvalue weighted by molar-refractivity contribution is 7.98. The summed E-state index contributed by atoms with van der Waals surface area (Å²) in [4.78, 5) is 22.8.